The van der Waals surface area contributed by atoms with Gasteiger partial charge in [0.15, 0.2) is 0 Å². The minimum atomic E-state index is -0.205. The molecule has 0 unspecified atom stereocenters. The molecule has 0 saturated heterocycles. The van der Waals surface area contributed by atoms with Crippen LogP contribution >= 0.6 is 0 Å². The first kappa shape index (κ1) is 39.4. The van der Waals surface area contributed by atoms with Crippen molar-refractivity contribution in [1.29, 1.82) is 0 Å². The molecule has 0 N–H and O–H groups in total. The molecule has 0 bridgehead atoms. The number of anilines is 3. The van der Waals surface area contributed by atoms with Crippen molar-refractivity contribution in [2.45, 2.75) is 19.3 Å². The van der Waals surface area contributed by atoms with E-state index in [1.807, 2.05) is 0 Å². The predicted octanol–water partition coefficient (Wildman–Crippen LogP) is 19.0. The van der Waals surface area contributed by atoms with Crippen LogP contribution in [0, 0.1) is 0 Å². The lowest BCUT2D eigenvalue weighted by Crippen LogP contribution is -2.17. The van der Waals surface area contributed by atoms with Crippen LogP contribution in [-0.2, 0) is 5.41 Å². The van der Waals surface area contributed by atoms with Gasteiger partial charge in [0.25, 0.3) is 0 Å². The first-order valence-electron chi connectivity index (χ1n) is 24.0. The fraction of sp³-hybridized carbons (Fsp3) is 0.0448. The summed E-state index contributed by atoms with van der Waals surface area (Å²) in [6.45, 7) is 4.75. The van der Waals surface area contributed by atoms with Crippen LogP contribution in [0.5, 0.6) is 0 Å². The molecule has 2 heteroatoms. The molecule has 0 spiro atoms. The Kier molecular flexibility index (Phi) is 8.66. The summed E-state index contributed by atoms with van der Waals surface area (Å²) in [7, 11) is 0. The average Bonchev–Trinajstić information content (AvgIpc) is 3.91. The highest BCUT2D eigenvalue weighted by Crippen LogP contribution is 2.55. The third-order valence-corrected chi connectivity index (χ3v) is 15.0. The summed E-state index contributed by atoms with van der Waals surface area (Å²) in [6.07, 6.45) is 0. The smallest absolute Gasteiger partial charge is 0.136 e. The van der Waals surface area contributed by atoms with Gasteiger partial charge in [0.05, 0.1) is 5.69 Å². The molecule has 0 aliphatic heterocycles. The van der Waals surface area contributed by atoms with Crippen LogP contribution in [0.3, 0.4) is 0 Å². The highest BCUT2D eigenvalue weighted by molar-refractivity contribution is 6.32. The molecule has 1 heterocycles. The van der Waals surface area contributed by atoms with Gasteiger partial charge in [-0.2, -0.15) is 0 Å². The molecule has 0 saturated carbocycles. The summed E-state index contributed by atoms with van der Waals surface area (Å²) in [5, 5.41) is 12.0. The van der Waals surface area contributed by atoms with E-state index in [0.717, 1.165) is 50.1 Å². The lowest BCUT2D eigenvalue weighted by Gasteiger charge is -2.31. The summed E-state index contributed by atoms with van der Waals surface area (Å²) in [5.74, 6) is 0. The molecule has 13 aromatic rings. The van der Waals surface area contributed by atoms with E-state index in [2.05, 4.69) is 255 Å². The number of rotatable bonds is 6. The van der Waals surface area contributed by atoms with Gasteiger partial charge in [0, 0.05) is 38.5 Å². The van der Waals surface area contributed by atoms with E-state index in [-0.39, 0.29) is 5.41 Å². The molecule has 0 amide bonds. The number of nitrogens with zero attached hydrogens (tertiary/aromatic N) is 1. The van der Waals surface area contributed by atoms with Crippen molar-refractivity contribution in [2.75, 3.05) is 4.90 Å². The fourth-order valence-corrected chi connectivity index (χ4v) is 11.9. The van der Waals surface area contributed by atoms with Gasteiger partial charge in [0.2, 0.25) is 0 Å². The third kappa shape index (κ3) is 5.92. The molecule has 0 atom stereocenters. The van der Waals surface area contributed by atoms with Gasteiger partial charge in [-0.15, -0.1) is 0 Å². The maximum absolute atomic E-state index is 6.87. The molecule has 1 aliphatic carbocycles. The van der Waals surface area contributed by atoms with Gasteiger partial charge in [-0.05, 0) is 130 Å². The Morgan fingerprint density at radius 1 is 0.333 bits per heavy atom. The first-order chi connectivity index (χ1) is 34.0. The van der Waals surface area contributed by atoms with Crippen molar-refractivity contribution < 1.29 is 4.42 Å². The van der Waals surface area contributed by atoms with Crippen LogP contribution in [0.25, 0.3) is 110 Å². The summed E-state index contributed by atoms with van der Waals surface area (Å²) in [5.41, 5.74) is 17.1. The summed E-state index contributed by atoms with van der Waals surface area (Å²) in [4.78, 5) is 2.54. The van der Waals surface area contributed by atoms with Crippen molar-refractivity contribution in [3.63, 3.8) is 0 Å². The van der Waals surface area contributed by atoms with Crippen molar-refractivity contribution in [1.82, 2.24) is 0 Å². The molecule has 12 aromatic carbocycles. The van der Waals surface area contributed by atoms with Crippen LogP contribution in [0.15, 0.2) is 241 Å². The molecule has 69 heavy (non-hydrogen) atoms. The summed E-state index contributed by atoms with van der Waals surface area (Å²) >= 11 is 0. The Balaban J connectivity index is 1.16. The van der Waals surface area contributed by atoms with Crippen molar-refractivity contribution in [3.05, 3.63) is 248 Å². The number of hydrogen-bond acceptors (Lipinski definition) is 2. The first-order valence-corrected chi connectivity index (χ1v) is 24.0. The van der Waals surface area contributed by atoms with Crippen LogP contribution in [-0.4, -0.2) is 0 Å². The molecule has 324 valence electrons. The Bertz CT molecular complexity index is 4180. The number of benzene rings is 12. The van der Waals surface area contributed by atoms with Gasteiger partial charge in [-0.3, -0.25) is 0 Å². The van der Waals surface area contributed by atoms with Crippen LogP contribution in [0.4, 0.5) is 17.1 Å². The second-order valence-electron chi connectivity index (χ2n) is 19.1. The highest BCUT2D eigenvalue weighted by Gasteiger charge is 2.36. The fourth-order valence-electron chi connectivity index (χ4n) is 11.9. The number of fused-ring (bicyclic) bond motifs is 14. The van der Waals surface area contributed by atoms with Gasteiger partial charge in [0.1, 0.15) is 11.2 Å². The number of hydrogen-bond donors (Lipinski definition) is 0. The molecule has 1 aromatic heterocycles. The lowest BCUT2D eigenvalue weighted by molar-refractivity contribution is 0.660. The zero-order valence-electron chi connectivity index (χ0n) is 38.4. The van der Waals surface area contributed by atoms with Gasteiger partial charge < -0.3 is 9.32 Å². The van der Waals surface area contributed by atoms with Crippen LogP contribution < -0.4 is 4.90 Å². The Hall–Kier alpha value is -8.72. The van der Waals surface area contributed by atoms with E-state index in [4.69, 9.17) is 4.42 Å². The zero-order chi connectivity index (χ0) is 45.8. The Morgan fingerprint density at radius 2 is 0.884 bits per heavy atom. The molecule has 0 radical (unpaired) electrons. The minimum absolute atomic E-state index is 0.205. The second kappa shape index (κ2) is 15.2. The van der Waals surface area contributed by atoms with Crippen LogP contribution in [0.2, 0.25) is 0 Å². The quantitative estimate of drug-likeness (QED) is 0.155. The molecule has 1 aliphatic rings. The van der Waals surface area contributed by atoms with Gasteiger partial charge >= 0.3 is 0 Å². The lowest BCUT2D eigenvalue weighted by atomic mass is 9.82. The van der Waals surface area contributed by atoms with Crippen molar-refractivity contribution >= 4 is 82.1 Å². The van der Waals surface area contributed by atoms with E-state index in [0.29, 0.717) is 0 Å². The SMILES string of the molecule is CC1(C)c2ccccc2-c2ccc(N(c3ccc(-c4ccccc4)c(-c4ccccc4)c3)c3ccc4c5ccccc5c5ccccc5c4c3-c3cccc4oc5ccc6ccccc6c5c34)cc21. The van der Waals surface area contributed by atoms with Gasteiger partial charge in [-0.1, -0.05) is 208 Å². The molecule has 0 fully saturated rings. The van der Waals surface area contributed by atoms with E-state index in [1.54, 1.807) is 0 Å². The Labute approximate surface area is 401 Å². The highest BCUT2D eigenvalue weighted by atomic mass is 16.3. The normalized spacial score (nSPS) is 12.9. The van der Waals surface area contributed by atoms with Gasteiger partial charge in [-0.25, -0.2) is 0 Å². The maximum Gasteiger partial charge on any atom is 0.136 e. The van der Waals surface area contributed by atoms with Crippen molar-refractivity contribution in [2.24, 2.45) is 0 Å². The molecule has 14 rings (SSSR count). The van der Waals surface area contributed by atoms with Crippen LogP contribution in [0.1, 0.15) is 25.0 Å². The van der Waals surface area contributed by atoms with E-state index in [9.17, 15) is 0 Å². The molecular weight excluding hydrogens is 835 g/mol. The molecular formula is C67H45NO. The topological polar surface area (TPSA) is 16.4 Å². The summed E-state index contributed by atoms with van der Waals surface area (Å²) < 4.78 is 6.87. The molecule has 2 nitrogen and oxygen atoms in total. The van der Waals surface area contributed by atoms with E-state index in [1.165, 1.54) is 87.6 Å². The average molecular weight is 880 g/mol. The monoisotopic (exact) mass is 879 g/mol. The predicted molar refractivity (Wildman–Crippen MR) is 292 cm³/mol. The third-order valence-electron chi connectivity index (χ3n) is 15.0. The minimum Gasteiger partial charge on any atom is -0.456 e. The zero-order valence-corrected chi connectivity index (χ0v) is 38.4. The van der Waals surface area contributed by atoms with E-state index < -0.39 is 0 Å². The van der Waals surface area contributed by atoms with Crippen molar-refractivity contribution in [3.8, 4) is 44.5 Å². The maximum atomic E-state index is 6.87. The standard InChI is InChI=1S/C67H45NO/c1-67(2)58-30-16-15-27-52(58)53-36-34-46(41-59(53)67)68(45-33-35-47(42-18-5-3-6-19-42)57(40-45)43-20-7-4-8-21-43)60-38-37-55-51-26-12-11-24-49(51)50-25-13-14-28-54(50)63(55)64(60)56-29-17-31-61-66(56)65-48-23-10-9-22-44(48)32-39-62(65)69-61/h3-41H,1-2H3. The second-order valence-corrected chi connectivity index (χ2v) is 19.1. The Morgan fingerprint density at radius 3 is 1.64 bits per heavy atom. The summed E-state index contributed by atoms with van der Waals surface area (Å²) in [6, 6.07) is 87.2. The number of furan rings is 1. The van der Waals surface area contributed by atoms with E-state index >= 15 is 0 Å². The largest absolute Gasteiger partial charge is 0.456 e.